The highest BCUT2D eigenvalue weighted by Gasteiger charge is 2.18. The van der Waals surface area contributed by atoms with Gasteiger partial charge >= 0.3 is 0 Å². The van der Waals surface area contributed by atoms with Crippen LogP contribution in [0.2, 0.25) is 10.0 Å². The third-order valence-electron chi connectivity index (χ3n) is 3.29. The zero-order valence-corrected chi connectivity index (χ0v) is 11.6. The van der Waals surface area contributed by atoms with E-state index in [2.05, 4.69) is 17.3 Å². The van der Waals surface area contributed by atoms with Gasteiger partial charge in [-0.05, 0) is 44.6 Å². The van der Waals surface area contributed by atoms with Crippen LogP contribution in [0.3, 0.4) is 0 Å². The summed E-state index contributed by atoms with van der Waals surface area (Å²) in [5.74, 6) is 0.751. The number of nitrogens with zero attached hydrogens (tertiary/aromatic N) is 1. The monoisotopic (exact) mass is 272 g/mol. The van der Waals surface area contributed by atoms with Gasteiger partial charge in [-0.25, -0.2) is 0 Å². The van der Waals surface area contributed by atoms with E-state index in [1.54, 1.807) is 0 Å². The van der Waals surface area contributed by atoms with Crippen LogP contribution in [0.15, 0.2) is 18.2 Å². The van der Waals surface area contributed by atoms with Gasteiger partial charge in [-0.3, -0.25) is 0 Å². The molecule has 17 heavy (non-hydrogen) atoms. The Balaban J connectivity index is 1.82. The van der Waals surface area contributed by atoms with Gasteiger partial charge in [-0.15, -0.1) is 0 Å². The fraction of sp³-hybridized carbons (Fsp3) is 0.538. The van der Waals surface area contributed by atoms with Gasteiger partial charge in [0.15, 0.2) is 0 Å². The highest BCUT2D eigenvalue weighted by molar-refractivity contribution is 6.35. The van der Waals surface area contributed by atoms with Crippen molar-refractivity contribution < 1.29 is 0 Å². The van der Waals surface area contributed by atoms with E-state index < -0.39 is 0 Å². The fourth-order valence-corrected chi connectivity index (χ4v) is 2.83. The van der Waals surface area contributed by atoms with Crippen LogP contribution < -0.4 is 5.32 Å². The van der Waals surface area contributed by atoms with Gasteiger partial charge in [0.2, 0.25) is 0 Å². The Morgan fingerprint density at radius 3 is 2.65 bits per heavy atom. The second-order valence-electron chi connectivity index (χ2n) is 4.75. The molecule has 2 rings (SSSR count). The summed E-state index contributed by atoms with van der Waals surface area (Å²) in [6.45, 7) is 4.17. The molecule has 1 aromatic carbocycles. The minimum Gasteiger partial charge on any atom is -0.312 e. The number of hydrogen-bond acceptors (Lipinski definition) is 2. The standard InChI is InChI=1S/C13H18Cl2N2/c1-17-6-5-10(9-17)7-16-8-11-12(14)3-2-4-13(11)15/h2-4,10,16H,5-9H2,1H3. The molecule has 0 radical (unpaired) electrons. The largest absolute Gasteiger partial charge is 0.312 e. The Labute approximate surface area is 113 Å². The van der Waals surface area contributed by atoms with E-state index in [0.29, 0.717) is 0 Å². The second kappa shape index (κ2) is 6.05. The molecule has 4 heteroatoms. The van der Waals surface area contributed by atoms with E-state index in [4.69, 9.17) is 23.2 Å². The molecule has 0 aliphatic carbocycles. The average Bonchev–Trinajstić information content (AvgIpc) is 2.69. The summed E-state index contributed by atoms with van der Waals surface area (Å²) in [5.41, 5.74) is 1.00. The first kappa shape index (κ1) is 13.2. The lowest BCUT2D eigenvalue weighted by atomic mass is 10.1. The van der Waals surface area contributed by atoms with E-state index >= 15 is 0 Å². The molecular weight excluding hydrogens is 255 g/mol. The van der Waals surface area contributed by atoms with Crippen molar-refractivity contribution in [3.63, 3.8) is 0 Å². The first-order valence-corrected chi connectivity index (χ1v) is 6.74. The van der Waals surface area contributed by atoms with E-state index in [1.165, 1.54) is 19.5 Å². The Kier molecular flexibility index (Phi) is 4.69. The van der Waals surface area contributed by atoms with Gasteiger partial charge in [-0.2, -0.15) is 0 Å². The minimum absolute atomic E-state index is 0.744. The van der Waals surface area contributed by atoms with Crippen molar-refractivity contribution in [1.82, 2.24) is 10.2 Å². The zero-order valence-electron chi connectivity index (χ0n) is 10.0. The molecule has 0 amide bonds. The molecule has 0 aromatic heterocycles. The van der Waals surface area contributed by atoms with Crippen LogP contribution in [0.1, 0.15) is 12.0 Å². The molecule has 1 aromatic rings. The van der Waals surface area contributed by atoms with Crippen molar-refractivity contribution in [2.45, 2.75) is 13.0 Å². The molecule has 0 spiro atoms. The van der Waals surface area contributed by atoms with Crippen molar-refractivity contribution in [3.8, 4) is 0 Å². The Morgan fingerprint density at radius 2 is 2.06 bits per heavy atom. The normalized spacial score (nSPS) is 21.0. The molecule has 1 saturated heterocycles. The third-order valence-corrected chi connectivity index (χ3v) is 3.99. The maximum absolute atomic E-state index is 6.12. The van der Waals surface area contributed by atoms with Crippen LogP contribution in [0, 0.1) is 5.92 Å². The molecule has 1 N–H and O–H groups in total. The third kappa shape index (κ3) is 3.59. The SMILES string of the molecule is CN1CCC(CNCc2c(Cl)cccc2Cl)C1. The molecule has 1 fully saturated rings. The summed E-state index contributed by atoms with van der Waals surface area (Å²) in [4.78, 5) is 2.37. The minimum atomic E-state index is 0.744. The Bertz CT molecular complexity index is 361. The summed E-state index contributed by atoms with van der Waals surface area (Å²) in [6.07, 6.45) is 1.28. The first-order chi connectivity index (χ1) is 8.16. The Morgan fingerprint density at radius 1 is 1.35 bits per heavy atom. The summed E-state index contributed by atoms with van der Waals surface area (Å²) in [6, 6.07) is 5.64. The highest BCUT2D eigenvalue weighted by atomic mass is 35.5. The fourth-order valence-electron chi connectivity index (χ4n) is 2.30. The van der Waals surface area contributed by atoms with Gasteiger partial charge < -0.3 is 10.2 Å². The molecule has 0 saturated carbocycles. The Hall–Kier alpha value is -0.280. The number of nitrogens with one attached hydrogen (secondary N) is 1. The molecule has 1 atom stereocenters. The van der Waals surface area contributed by atoms with Gasteiger partial charge in [0.05, 0.1) is 0 Å². The maximum Gasteiger partial charge on any atom is 0.0465 e. The molecule has 94 valence electrons. The smallest absolute Gasteiger partial charge is 0.0465 e. The lowest BCUT2D eigenvalue weighted by molar-refractivity contribution is 0.388. The zero-order chi connectivity index (χ0) is 12.3. The van der Waals surface area contributed by atoms with Crippen LogP contribution in [0.4, 0.5) is 0 Å². The van der Waals surface area contributed by atoms with Crippen LogP contribution in [-0.2, 0) is 6.54 Å². The van der Waals surface area contributed by atoms with Crippen molar-refractivity contribution in [1.29, 1.82) is 0 Å². The van der Waals surface area contributed by atoms with E-state index in [1.807, 2.05) is 18.2 Å². The number of rotatable bonds is 4. The van der Waals surface area contributed by atoms with Crippen molar-refractivity contribution in [2.75, 3.05) is 26.7 Å². The second-order valence-corrected chi connectivity index (χ2v) is 5.56. The molecule has 1 heterocycles. The van der Waals surface area contributed by atoms with Crippen LogP contribution in [0.25, 0.3) is 0 Å². The van der Waals surface area contributed by atoms with Gasteiger partial charge in [-0.1, -0.05) is 29.3 Å². The van der Waals surface area contributed by atoms with Crippen LogP contribution in [-0.4, -0.2) is 31.6 Å². The number of hydrogen-bond donors (Lipinski definition) is 1. The van der Waals surface area contributed by atoms with Gasteiger partial charge in [0.25, 0.3) is 0 Å². The van der Waals surface area contributed by atoms with Crippen molar-refractivity contribution >= 4 is 23.2 Å². The molecule has 2 nitrogen and oxygen atoms in total. The lowest BCUT2D eigenvalue weighted by Gasteiger charge is -2.13. The van der Waals surface area contributed by atoms with Crippen molar-refractivity contribution in [3.05, 3.63) is 33.8 Å². The van der Waals surface area contributed by atoms with E-state index in [-0.39, 0.29) is 0 Å². The predicted molar refractivity (Wildman–Crippen MR) is 73.8 cm³/mol. The summed E-state index contributed by atoms with van der Waals surface area (Å²) in [5, 5.41) is 4.94. The molecule has 0 bridgehead atoms. The maximum atomic E-state index is 6.12. The topological polar surface area (TPSA) is 15.3 Å². The number of halogens is 2. The van der Waals surface area contributed by atoms with E-state index in [0.717, 1.165) is 34.6 Å². The quantitative estimate of drug-likeness (QED) is 0.907. The number of likely N-dealkylation sites (tertiary alicyclic amines) is 1. The summed E-state index contributed by atoms with van der Waals surface area (Å²) in [7, 11) is 2.17. The lowest BCUT2D eigenvalue weighted by Crippen LogP contribution is -2.24. The predicted octanol–water partition coefficient (Wildman–Crippen LogP) is 3.03. The van der Waals surface area contributed by atoms with E-state index in [9.17, 15) is 0 Å². The number of benzene rings is 1. The first-order valence-electron chi connectivity index (χ1n) is 5.99. The average molecular weight is 273 g/mol. The molecule has 1 aliphatic rings. The highest BCUT2D eigenvalue weighted by Crippen LogP contribution is 2.24. The van der Waals surface area contributed by atoms with Gasteiger partial charge in [0.1, 0.15) is 0 Å². The molecule has 1 unspecified atom stereocenters. The van der Waals surface area contributed by atoms with Crippen molar-refractivity contribution in [2.24, 2.45) is 5.92 Å². The summed E-state index contributed by atoms with van der Waals surface area (Å²) >= 11 is 12.2. The van der Waals surface area contributed by atoms with Crippen LogP contribution >= 0.6 is 23.2 Å². The molecule has 1 aliphatic heterocycles. The molecular formula is C13H18Cl2N2. The van der Waals surface area contributed by atoms with Gasteiger partial charge in [0, 0.05) is 28.7 Å². The summed E-state index contributed by atoms with van der Waals surface area (Å²) < 4.78 is 0. The van der Waals surface area contributed by atoms with Crippen LogP contribution in [0.5, 0.6) is 0 Å².